The largest absolute Gasteiger partial charge is 1.00 e. The zero-order chi connectivity index (χ0) is 15.1. The second-order valence-electron chi connectivity index (χ2n) is 5.84. The molecule has 0 fully saturated rings. The molecule has 2 aliphatic rings. The molecule has 0 bridgehead atoms. The molecule has 1 aromatic heterocycles. The molecular formula is C18H17Cl2N3Zr. The Labute approximate surface area is 166 Å². The van der Waals surface area contributed by atoms with Crippen LogP contribution in [0.25, 0.3) is 11.8 Å². The van der Waals surface area contributed by atoms with Crippen molar-refractivity contribution >= 4 is 11.8 Å². The van der Waals surface area contributed by atoms with Gasteiger partial charge in [-0.3, -0.25) is 0 Å². The van der Waals surface area contributed by atoms with Crippen LogP contribution in [0.2, 0.25) is 0 Å². The first-order valence-electron chi connectivity index (χ1n) is 7.53. The second-order valence-corrected chi connectivity index (χ2v) is 9.45. The van der Waals surface area contributed by atoms with Crippen molar-refractivity contribution in [3.63, 3.8) is 0 Å². The predicted molar refractivity (Wildman–Crippen MR) is 84.4 cm³/mol. The van der Waals surface area contributed by atoms with E-state index in [9.17, 15) is 0 Å². The van der Waals surface area contributed by atoms with Gasteiger partial charge in [0.1, 0.15) is 0 Å². The molecule has 24 heavy (non-hydrogen) atoms. The number of hydrogen-bond donors (Lipinski definition) is 0. The predicted octanol–water partition coefficient (Wildman–Crippen LogP) is -1.95. The van der Waals surface area contributed by atoms with E-state index in [0.29, 0.717) is 3.63 Å². The maximum atomic E-state index is 3.99. The van der Waals surface area contributed by atoms with Gasteiger partial charge in [-0.05, 0) is 0 Å². The molecule has 1 unspecified atom stereocenters. The first-order valence-corrected chi connectivity index (χ1v) is 10.2. The van der Waals surface area contributed by atoms with Crippen molar-refractivity contribution in [3.05, 3.63) is 68.6 Å². The third-order valence-electron chi connectivity index (χ3n) is 4.60. The Morgan fingerprint density at radius 2 is 1.79 bits per heavy atom. The molecule has 0 amide bonds. The Kier molecular flexibility index (Phi) is 6.41. The summed E-state index contributed by atoms with van der Waals surface area (Å²) >= 11 is -0.742. The number of nitrogens with zero attached hydrogens (tertiary/aromatic N) is 3. The van der Waals surface area contributed by atoms with Crippen molar-refractivity contribution in [3.8, 4) is 0 Å². The summed E-state index contributed by atoms with van der Waals surface area (Å²) in [6.45, 7) is 4.53. The first kappa shape index (κ1) is 19.4. The molecular weight excluding hydrogens is 420 g/mol. The van der Waals surface area contributed by atoms with Gasteiger partial charge in [0, 0.05) is 0 Å². The van der Waals surface area contributed by atoms with Crippen LogP contribution in [0.4, 0.5) is 0 Å². The Balaban J connectivity index is 0.00000104. The minimum Gasteiger partial charge on any atom is -1.00 e. The van der Waals surface area contributed by atoms with Crippen LogP contribution in [0, 0.1) is 0 Å². The van der Waals surface area contributed by atoms with Gasteiger partial charge in [0.15, 0.2) is 0 Å². The number of aromatic nitrogens is 3. The minimum atomic E-state index is -0.742. The summed E-state index contributed by atoms with van der Waals surface area (Å²) in [5, 5.41) is 7.98. The fourth-order valence-corrected chi connectivity index (χ4v) is 7.53. The van der Waals surface area contributed by atoms with Crippen LogP contribution < -0.4 is 24.8 Å². The van der Waals surface area contributed by atoms with Gasteiger partial charge in [-0.25, -0.2) is 0 Å². The summed E-state index contributed by atoms with van der Waals surface area (Å²) in [5.41, 5.74) is 7.21. The van der Waals surface area contributed by atoms with E-state index in [1.807, 2.05) is 12.7 Å². The third-order valence-corrected chi connectivity index (χ3v) is 9.08. The molecule has 3 nitrogen and oxygen atoms in total. The van der Waals surface area contributed by atoms with E-state index in [1.54, 1.807) is 8.85 Å². The fraction of sp³-hybridized carbons (Fsp3) is 0.222. The van der Waals surface area contributed by atoms with Gasteiger partial charge < -0.3 is 24.8 Å². The Morgan fingerprint density at radius 3 is 2.46 bits per heavy atom. The molecule has 0 saturated heterocycles. The van der Waals surface area contributed by atoms with Gasteiger partial charge in [-0.2, -0.15) is 0 Å². The molecule has 1 atom stereocenters. The SMILES string of the molecule is CC1=CC[C]([Zr+2][CH]2C(n3cnnc3)=Cc3ccccc32)=C1C.[Cl-].[Cl-]. The van der Waals surface area contributed by atoms with Crippen molar-refractivity contribution in [2.24, 2.45) is 0 Å². The second kappa shape index (κ2) is 7.95. The Bertz CT molecular complexity index is 823. The summed E-state index contributed by atoms with van der Waals surface area (Å²) in [6.07, 6.45) is 9.51. The number of halogens is 2. The number of benzene rings is 1. The molecule has 1 heterocycles. The molecule has 4 rings (SSSR count). The van der Waals surface area contributed by atoms with Gasteiger partial charge >= 0.3 is 142 Å². The molecule has 0 N–H and O–H groups in total. The van der Waals surface area contributed by atoms with E-state index >= 15 is 0 Å². The standard InChI is InChI=1S/C11H8N3.C7H9.2ClH.Zr/c1-2-4-10-6-11(5-9(10)3-1)14-7-12-13-8-14;1-6-4-3-5-7(6)2;;;/h1-8H;4H,3H2,1-2H3;2*1H;/q;;;;+2/p-2. The number of rotatable bonds is 3. The molecule has 0 spiro atoms. The van der Waals surface area contributed by atoms with Crippen LogP contribution in [0.5, 0.6) is 0 Å². The van der Waals surface area contributed by atoms with Crippen LogP contribution in [0.15, 0.2) is 57.4 Å². The zero-order valence-corrected chi connectivity index (χ0v) is 17.5. The average molecular weight is 437 g/mol. The molecule has 0 saturated carbocycles. The van der Waals surface area contributed by atoms with Crippen LogP contribution >= 0.6 is 0 Å². The van der Waals surface area contributed by atoms with Gasteiger partial charge in [0.05, 0.1) is 0 Å². The van der Waals surface area contributed by atoms with E-state index in [4.69, 9.17) is 0 Å². The maximum Gasteiger partial charge on any atom is -1.00 e. The Hall–Kier alpha value is -0.957. The quantitative estimate of drug-likeness (QED) is 0.559. The van der Waals surface area contributed by atoms with Crippen molar-refractivity contribution in [1.82, 2.24) is 14.8 Å². The van der Waals surface area contributed by atoms with Crippen molar-refractivity contribution in [2.45, 2.75) is 23.9 Å². The molecule has 0 aliphatic heterocycles. The number of allylic oxidation sites excluding steroid dienone is 5. The van der Waals surface area contributed by atoms with E-state index < -0.39 is 23.2 Å². The maximum absolute atomic E-state index is 3.99. The molecule has 122 valence electrons. The third kappa shape index (κ3) is 3.38. The summed E-state index contributed by atoms with van der Waals surface area (Å²) in [7, 11) is 0. The monoisotopic (exact) mass is 435 g/mol. The van der Waals surface area contributed by atoms with Gasteiger partial charge in [0.25, 0.3) is 0 Å². The van der Waals surface area contributed by atoms with Crippen LogP contribution in [0.1, 0.15) is 35.0 Å². The summed E-state index contributed by atoms with van der Waals surface area (Å²) in [4.78, 5) is 0. The van der Waals surface area contributed by atoms with Gasteiger partial charge in [-0.1, -0.05) is 0 Å². The number of fused-ring (bicyclic) bond motifs is 1. The molecule has 6 heteroatoms. The smallest absolute Gasteiger partial charge is 1.00 e. The molecule has 1 aromatic carbocycles. The molecule has 0 radical (unpaired) electrons. The van der Waals surface area contributed by atoms with Crippen LogP contribution in [-0.2, 0) is 23.2 Å². The summed E-state index contributed by atoms with van der Waals surface area (Å²) in [5.74, 6) is 0. The Morgan fingerprint density at radius 1 is 1.08 bits per heavy atom. The zero-order valence-electron chi connectivity index (χ0n) is 13.5. The molecule has 2 aromatic rings. The van der Waals surface area contributed by atoms with E-state index in [0.717, 1.165) is 6.42 Å². The van der Waals surface area contributed by atoms with E-state index in [-0.39, 0.29) is 24.8 Å². The first-order chi connectivity index (χ1) is 10.7. The summed E-state index contributed by atoms with van der Waals surface area (Å²) in [6, 6.07) is 8.80. The topological polar surface area (TPSA) is 30.7 Å². The van der Waals surface area contributed by atoms with Gasteiger partial charge in [-0.15, -0.1) is 0 Å². The molecule has 2 aliphatic carbocycles. The summed E-state index contributed by atoms with van der Waals surface area (Å²) < 4.78 is 4.37. The van der Waals surface area contributed by atoms with E-state index in [1.165, 1.54) is 22.4 Å². The van der Waals surface area contributed by atoms with Crippen LogP contribution in [-0.4, -0.2) is 14.8 Å². The van der Waals surface area contributed by atoms with Crippen molar-refractivity contribution in [1.29, 1.82) is 0 Å². The minimum absolute atomic E-state index is 0. The van der Waals surface area contributed by atoms with Crippen LogP contribution in [0.3, 0.4) is 0 Å². The normalized spacial score (nSPS) is 18.2. The van der Waals surface area contributed by atoms with Gasteiger partial charge in [0.2, 0.25) is 0 Å². The fourth-order valence-electron chi connectivity index (χ4n) is 3.16. The average Bonchev–Trinajstić information content (AvgIpc) is 3.23. The number of hydrogen-bond acceptors (Lipinski definition) is 2. The van der Waals surface area contributed by atoms with Crippen molar-refractivity contribution < 1.29 is 48.0 Å². The van der Waals surface area contributed by atoms with Crippen molar-refractivity contribution in [2.75, 3.05) is 0 Å². The van der Waals surface area contributed by atoms with E-state index in [2.05, 4.69) is 65.0 Å².